The molecule has 0 bridgehead atoms. The number of nitrogens with zero attached hydrogens (tertiary/aromatic N) is 1. The monoisotopic (exact) mass is 363 g/mol. The number of hydrogen-bond donors (Lipinski definition) is 1. The Hall–Kier alpha value is -1.76. The van der Waals surface area contributed by atoms with Gasteiger partial charge in [0.15, 0.2) is 0 Å². The Morgan fingerprint density at radius 3 is 2.64 bits per heavy atom. The number of likely N-dealkylation sites (tertiary alicyclic amines) is 1. The van der Waals surface area contributed by atoms with Gasteiger partial charge in [-0.2, -0.15) is 0 Å². The van der Waals surface area contributed by atoms with Crippen molar-refractivity contribution in [2.75, 3.05) is 26.2 Å². The summed E-state index contributed by atoms with van der Waals surface area (Å²) in [6, 6.07) is 10.2. The third-order valence-electron chi connectivity index (χ3n) is 4.79. The third kappa shape index (κ3) is 3.76. The Morgan fingerprint density at radius 2 is 1.96 bits per heavy atom. The van der Waals surface area contributed by atoms with Crippen LogP contribution in [0.15, 0.2) is 52.3 Å². The lowest BCUT2D eigenvalue weighted by Crippen LogP contribution is -2.23. The topological polar surface area (TPSA) is 57.6 Å². The molecular formula is C19H22FNO3S. The van der Waals surface area contributed by atoms with E-state index in [-0.39, 0.29) is 16.4 Å². The SMILES string of the molecule is Cc1cc(S(=O)(=O)c2cccc(F)c2)ccc1C1CCN(CCO)C1. The molecule has 1 atom stereocenters. The van der Waals surface area contributed by atoms with Crippen molar-refractivity contribution in [3.8, 4) is 0 Å². The van der Waals surface area contributed by atoms with Gasteiger partial charge in [-0.05, 0) is 67.3 Å². The lowest BCUT2D eigenvalue weighted by atomic mass is 9.94. The van der Waals surface area contributed by atoms with Gasteiger partial charge in [0, 0.05) is 13.1 Å². The number of aliphatic hydroxyl groups is 1. The molecule has 1 fully saturated rings. The molecule has 0 radical (unpaired) electrons. The van der Waals surface area contributed by atoms with Crippen LogP contribution < -0.4 is 0 Å². The zero-order chi connectivity index (χ0) is 18.0. The normalized spacial score (nSPS) is 18.6. The number of halogens is 1. The van der Waals surface area contributed by atoms with Crippen molar-refractivity contribution in [3.63, 3.8) is 0 Å². The van der Waals surface area contributed by atoms with Gasteiger partial charge in [-0.15, -0.1) is 0 Å². The van der Waals surface area contributed by atoms with E-state index in [1.54, 1.807) is 12.1 Å². The maximum absolute atomic E-state index is 13.4. The van der Waals surface area contributed by atoms with Crippen LogP contribution in [0.1, 0.15) is 23.5 Å². The minimum atomic E-state index is -3.73. The van der Waals surface area contributed by atoms with E-state index in [0.717, 1.165) is 36.7 Å². The van der Waals surface area contributed by atoms with Crippen molar-refractivity contribution in [2.24, 2.45) is 0 Å². The minimum Gasteiger partial charge on any atom is -0.395 e. The number of sulfone groups is 1. The fourth-order valence-electron chi connectivity index (χ4n) is 3.47. The lowest BCUT2D eigenvalue weighted by Gasteiger charge is -2.17. The number of β-amino-alcohol motifs (C(OH)–C–C–N with tert-alkyl or cyclic N) is 1. The van der Waals surface area contributed by atoms with E-state index >= 15 is 0 Å². The minimum absolute atomic E-state index is 0.0327. The van der Waals surface area contributed by atoms with E-state index in [9.17, 15) is 12.8 Å². The van der Waals surface area contributed by atoms with E-state index in [1.807, 2.05) is 13.0 Å². The first-order valence-corrected chi connectivity index (χ1v) is 9.84. The van der Waals surface area contributed by atoms with Crippen LogP contribution in [0.3, 0.4) is 0 Å². The molecule has 2 aromatic rings. The van der Waals surface area contributed by atoms with E-state index in [4.69, 9.17) is 5.11 Å². The van der Waals surface area contributed by atoms with E-state index in [2.05, 4.69) is 4.90 Å². The number of rotatable bonds is 5. The van der Waals surface area contributed by atoms with Gasteiger partial charge in [-0.1, -0.05) is 12.1 Å². The fourth-order valence-corrected chi connectivity index (χ4v) is 4.85. The molecule has 6 heteroatoms. The maximum Gasteiger partial charge on any atom is 0.206 e. The molecule has 1 N–H and O–H groups in total. The molecule has 0 saturated carbocycles. The second-order valence-electron chi connectivity index (χ2n) is 6.49. The van der Waals surface area contributed by atoms with Crippen LogP contribution in [0.2, 0.25) is 0 Å². The third-order valence-corrected chi connectivity index (χ3v) is 6.54. The van der Waals surface area contributed by atoms with Crippen LogP contribution >= 0.6 is 0 Å². The van der Waals surface area contributed by atoms with Crippen LogP contribution in [0.5, 0.6) is 0 Å². The largest absolute Gasteiger partial charge is 0.395 e. The highest BCUT2D eigenvalue weighted by atomic mass is 32.2. The molecule has 2 aromatic carbocycles. The smallest absolute Gasteiger partial charge is 0.206 e. The van der Waals surface area contributed by atoms with E-state index < -0.39 is 15.7 Å². The first-order valence-electron chi connectivity index (χ1n) is 8.36. The number of benzene rings is 2. The van der Waals surface area contributed by atoms with Gasteiger partial charge >= 0.3 is 0 Å². The van der Waals surface area contributed by atoms with Crippen molar-refractivity contribution >= 4 is 9.84 Å². The van der Waals surface area contributed by atoms with E-state index in [0.29, 0.717) is 12.5 Å². The Balaban J connectivity index is 1.87. The summed E-state index contributed by atoms with van der Waals surface area (Å²) in [5, 5.41) is 9.06. The molecule has 1 saturated heterocycles. The van der Waals surface area contributed by atoms with Gasteiger partial charge in [0.1, 0.15) is 5.82 Å². The maximum atomic E-state index is 13.4. The molecule has 0 aliphatic carbocycles. The average molecular weight is 363 g/mol. The summed E-state index contributed by atoms with van der Waals surface area (Å²) in [5.74, 6) is -0.221. The van der Waals surface area contributed by atoms with Crippen molar-refractivity contribution < 1.29 is 17.9 Å². The van der Waals surface area contributed by atoms with Crippen molar-refractivity contribution in [1.82, 2.24) is 4.90 Å². The highest BCUT2D eigenvalue weighted by Gasteiger charge is 2.26. The zero-order valence-electron chi connectivity index (χ0n) is 14.2. The summed E-state index contributed by atoms with van der Waals surface area (Å²) < 4.78 is 38.8. The molecule has 1 aliphatic heterocycles. The highest BCUT2D eigenvalue weighted by Crippen LogP contribution is 2.31. The second-order valence-corrected chi connectivity index (χ2v) is 8.44. The Bertz CT molecular complexity index is 867. The molecule has 0 aromatic heterocycles. The van der Waals surface area contributed by atoms with Crippen LogP contribution in [0.4, 0.5) is 4.39 Å². The van der Waals surface area contributed by atoms with Gasteiger partial charge in [0.25, 0.3) is 0 Å². The Morgan fingerprint density at radius 1 is 1.20 bits per heavy atom. The summed E-state index contributed by atoms with van der Waals surface area (Å²) in [4.78, 5) is 2.36. The van der Waals surface area contributed by atoms with Gasteiger partial charge in [0.2, 0.25) is 9.84 Å². The molecular weight excluding hydrogens is 341 g/mol. The summed E-state index contributed by atoms with van der Waals surface area (Å²) in [6.07, 6.45) is 0.997. The summed E-state index contributed by atoms with van der Waals surface area (Å²) >= 11 is 0. The van der Waals surface area contributed by atoms with Crippen LogP contribution in [-0.2, 0) is 9.84 Å². The second kappa shape index (κ2) is 7.23. The highest BCUT2D eigenvalue weighted by molar-refractivity contribution is 7.91. The first kappa shape index (κ1) is 18.0. The van der Waals surface area contributed by atoms with E-state index in [1.165, 1.54) is 18.2 Å². The van der Waals surface area contributed by atoms with Gasteiger partial charge < -0.3 is 10.0 Å². The standard InChI is InChI=1S/C19H22FNO3S/c1-14-11-18(25(23,24)17-4-2-3-16(20)12-17)5-6-19(14)15-7-8-21(13-15)9-10-22/h2-6,11-12,15,22H,7-10,13H2,1H3. The van der Waals surface area contributed by atoms with Crippen molar-refractivity contribution in [3.05, 3.63) is 59.4 Å². The Labute approximate surface area is 147 Å². The van der Waals surface area contributed by atoms with Crippen LogP contribution in [0.25, 0.3) is 0 Å². The Kier molecular flexibility index (Phi) is 5.22. The van der Waals surface area contributed by atoms with Crippen LogP contribution in [0, 0.1) is 12.7 Å². The van der Waals surface area contributed by atoms with Gasteiger partial charge in [0.05, 0.1) is 16.4 Å². The molecule has 1 aliphatic rings. The molecule has 0 amide bonds. The molecule has 4 nitrogen and oxygen atoms in total. The van der Waals surface area contributed by atoms with Crippen molar-refractivity contribution in [1.29, 1.82) is 0 Å². The van der Waals surface area contributed by atoms with Gasteiger partial charge in [-0.3, -0.25) is 0 Å². The quantitative estimate of drug-likeness (QED) is 0.887. The predicted octanol–water partition coefficient (Wildman–Crippen LogP) is 2.75. The zero-order valence-corrected chi connectivity index (χ0v) is 15.0. The van der Waals surface area contributed by atoms with Gasteiger partial charge in [-0.25, -0.2) is 12.8 Å². The molecule has 0 spiro atoms. The summed E-state index contributed by atoms with van der Waals surface area (Å²) in [7, 11) is -3.73. The summed E-state index contributed by atoms with van der Waals surface area (Å²) in [6.45, 7) is 4.54. The molecule has 3 rings (SSSR count). The molecule has 1 unspecified atom stereocenters. The lowest BCUT2D eigenvalue weighted by molar-refractivity contribution is 0.220. The summed E-state index contributed by atoms with van der Waals surface area (Å²) in [5.41, 5.74) is 2.06. The van der Waals surface area contributed by atoms with Crippen LogP contribution in [-0.4, -0.2) is 44.7 Å². The number of aryl methyl sites for hydroxylation is 1. The number of aliphatic hydroxyl groups excluding tert-OH is 1. The molecule has 25 heavy (non-hydrogen) atoms. The average Bonchev–Trinajstić information content (AvgIpc) is 3.03. The first-order chi connectivity index (χ1) is 11.9. The van der Waals surface area contributed by atoms with Crippen molar-refractivity contribution in [2.45, 2.75) is 29.1 Å². The predicted molar refractivity (Wildman–Crippen MR) is 93.9 cm³/mol. The number of hydrogen-bond acceptors (Lipinski definition) is 4. The molecule has 1 heterocycles. The fraction of sp³-hybridized carbons (Fsp3) is 0.368. The molecule has 134 valence electrons.